The first-order valence-corrected chi connectivity index (χ1v) is 7.88. The second-order valence-corrected chi connectivity index (χ2v) is 6.10. The zero-order valence-electron chi connectivity index (χ0n) is 12.1. The highest BCUT2D eigenvalue weighted by molar-refractivity contribution is 14.0. The highest BCUT2D eigenvalue weighted by Gasteiger charge is 2.16. The molecule has 0 radical (unpaired) electrons. The van der Waals surface area contributed by atoms with E-state index >= 15 is 0 Å². The molecule has 2 saturated carbocycles. The van der Waals surface area contributed by atoms with Gasteiger partial charge in [0.2, 0.25) is 0 Å². The average molecular weight is 379 g/mol. The van der Waals surface area contributed by atoms with Gasteiger partial charge in [-0.2, -0.15) is 0 Å². The van der Waals surface area contributed by atoms with Crippen molar-refractivity contribution >= 4 is 29.9 Å². The van der Waals surface area contributed by atoms with Crippen LogP contribution < -0.4 is 11.1 Å². The first-order valence-electron chi connectivity index (χ1n) is 7.88. The summed E-state index contributed by atoms with van der Waals surface area (Å²) < 4.78 is 0. The molecule has 0 bridgehead atoms. The fourth-order valence-corrected chi connectivity index (χ4v) is 3.03. The largest absolute Gasteiger partial charge is 0.370 e. The quantitative estimate of drug-likeness (QED) is 0.307. The second-order valence-electron chi connectivity index (χ2n) is 6.10. The summed E-state index contributed by atoms with van der Waals surface area (Å²) in [5, 5.41) is 3.24. The molecule has 112 valence electrons. The fraction of sp³-hybridized carbons (Fsp3) is 0.933. The number of nitrogens with two attached hydrogens (primary N) is 1. The van der Waals surface area contributed by atoms with Crippen LogP contribution in [0.25, 0.3) is 0 Å². The van der Waals surface area contributed by atoms with Crippen molar-refractivity contribution in [3.63, 3.8) is 0 Å². The Kier molecular flexibility index (Phi) is 8.83. The molecule has 4 heteroatoms. The number of rotatable bonds is 7. The van der Waals surface area contributed by atoms with Crippen molar-refractivity contribution in [1.29, 1.82) is 0 Å². The maximum absolute atomic E-state index is 5.84. The topological polar surface area (TPSA) is 50.4 Å². The van der Waals surface area contributed by atoms with Crippen LogP contribution in [0.2, 0.25) is 0 Å². The molecule has 0 aromatic rings. The van der Waals surface area contributed by atoms with E-state index in [1.165, 1.54) is 64.2 Å². The summed E-state index contributed by atoms with van der Waals surface area (Å²) in [4.78, 5) is 4.40. The minimum Gasteiger partial charge on any atom is -0.370 e. The number of unbranched alkanes of at least 4 members (excludes halogenated alkanes) is 1. The van der Waals surface area contributed by atoms with Gasteiger partial charge in [-0.25, -0.2) is 0 Å². The van der Waals surface area contributed by atoms with Crippen molar-refractivity contribution < 1.29 is 0 Å². The number of nitrogens with one attached hydrogen (secondary N) is 1. The summed E-state index contributed by atoms with van der Waals surface area (Å²) in [6.07, 6.45) is 13.9. The van der Waals surface area contributed by atoms with Crippen LogP contribution in [-0.2, 0) is 0 Å². The van der Waals surface area contributed by atoms with Gasteiger partial charge >= 0.3 is 0 Å². The van der Waals surface area contributed by atoms with E-state index in [4.69, 9.17) is 5.73 Å². The SMILES string of the molecule is I.NC(=NCC1CCC1)NCCCCC1CCCC1. The Bertz CT molecular complexity index is 258. The van der Waals surface area contributed by atoms with Gasteiger partial charge in [0.25, 0.3) is 0 Å². The van der Waals surface area contributed by atoms with E-state index in [1.54, 1.807) is 0 Å². The predicted molar refractivity (Wildman–Crippen MR) is 93.1 cm³/mol. The van der Waals surface area contributed by atoms with E-state index < -0.39 is 0 Å². The molecule has 0 spiro atoms. The van der Waals surface area contributed by atoms with E-state index in [0.29, 0.717) is 5.96 Å². The van der Waals surface area contributed by atoms with Gasteiger partial charge in [-0.1, -0.05) is 44.9 Å². The monoisotopic (exact) mass is 379 g/mol. The average Bonchev–Trinajstić information content (AvgIpc) is 2.79. The fourth-order valence-electron chi connectivity index (χ4n) is 3.03. The summed E-state index contributed by atoms with van der Waals surface area (Å²) in [6, 6.07) is 0. The minimum atomic E-state index is 0. The lowest BCUT2D eigenvalue weighted by Crippen LogP contribution is -2.33. The third kappa shape index (κ3) is 6.82. The summed E-state index contributed by atoms with van der Waals surface area (Å²) in [6.45, 7) is 1.92. The first-order chi connectivity index (χ1) is 8.84. The number of hydrogen-bond acceptors (Lipinski definition) is 1. The smallest absolute Gasteiger partial charge is 0.188 e. The predicted octanol–water partition coefficient (Wildman–Crippen LogP) is 3.67. The Morgan fingerprint density at radius 2 is 1.68 bits per heavy atom. The lowest BCUT2D eigenvalue weighted by molar-refractivity contribution is 0.326. The van der Waals surface area contributed by atoms with Gasteiger partial charge in [0.15, 0.2) is 5.96 Å². The molecule has 2 aliphatic rings. The van der Waals surface area contributed by atoms with Gasteiger partial charge in [-0.3, -0.25) is 4.99 Å². The minimum absolute atomic E-state index is 0. The second kappa shape index (κ2) is 9.83. The number of nitrogens with zero attached hydrogens (tertiary/aromatic N) is 1. The molecule has 2 fully saturated rings. The van der Waals surface area contributed by atoms with Crippen LogP contribution in [0.4, 0.5) is 0 Å². The Hall–Kier alpha value is 0. The number of guanidine groups is 1. The molecule has 0 atom stereocenters. The molecular formula is C15H30IN3. The van der Waals surface area contributed by atoms with Crippen LogP contribution in [0.3, 0.4) is 0 Å². The molecule has 2 aliphatic carbocycles. The van der Waals surface area contributed by atoms with E-state index in [2.05, 4.69) is 10.3 Å². The lowest BCUT2D eigenvalue weighted by Gasteiger charge is -2.23. The maximum atomic E-state index is 5.84. The Balaban J connectivity index is 0.00000180. The molecule has 19 heavy (non-hydrogen) atoms. The third-order valence-corrected chi connectivity index (χ3v) is 4.56. The summed E-state index contributed by atoms with van der Waals surface area (Å²) in [7, 11) is 0. The van der Waals surface area contributed by atoms with Gasteiger partial charge in [-0.15, -0.1) is 24.0 Å². The van der Waals surface area contributed by atoms with Gasteiger partial charge in [0, 0.05) is 13.1 Å². The molecule has 3 N–H and O–H groups in total. The van der Waals surface area contributed by atoms with Crippen molar-refractivity contribution in [1.82, 2.24) is 5.32 Å². The number of hydrogen-bond donors (Lipinski definition) is 2. The van der Waals surface area contributed by atoms with Crippen molar-refractivity contribution in [3.05, 3.63) is 0 Å². The molecule has 3 nitrogen and oxygen atoms in total. The molecule has 0 saturated heterocycles. The van der Waals surface area contributed by atoms with Crippen molar-refractivity contribution in [3.8, 4) is 0 Å². The van der Waals surface area contributed by atoms with Gasteiger partial charge in [0.05, 0.1) is 0 Å². The van der Waals surface area contributed by atoms with E-state index in [0.717, 1.165) is 24.9 Å². The summed E-state index contributed by atoms with van der Waals surface area (Å²) in [5.41, 5.74) is 5.84. The zero-order valence-corrected chi connectivity index (χ0v) is 14.4. The number of aliphatic imine (C=N–C) groups is 1. The normalized spacial score (nSPS) is 20.9. The Morgan fingerprint density at radius 3 is 2.32 bits per heavy atom. The summed E-state index contributed by atoms with van der Waals surface area (Å²) in [5.74, 6) is 2.49. The maximum Gasteiger partial charge on any atom is 0.188 e. The van der Waals surface area contributed by atoms with Crippen molar-refractivity contribution in [2.24, 2.45) is 22.6 Å². The van der Waals surface area contributed by atoms with Crippen LogP contribution in [0.15, 0.2) is 4.99 Å². The lowest BCUT2D eigenvalue weighted by atomic mass is 9.86. The highest BCUT2D eigenvalue weighted by atomic mass is 127. The standard InChI is InChI=1S/C15H29N3.HI/c16-15(18-12-14-9-5-10-14)17-11-4-3-8-13-6-1-2-7-13;/h13-14H,1-12H2,(H3,16,17,18);1H. The Morgan fingerprint density at radius 1 is 1.00 bits per heavy atom. The van der Waals surface area contributed by atoms with Crippen LogP contribution in [0, 0.1) is 11.8 Å². The first kappa shape index (κ1) is 17.1. The number of halogens is 1. The van der Waals surface area contributed by atoms with Crippen LogP contribution >= 0.6 is 24.0 Å². The molecule has 2 rings (SSSR count). The summed E-state index contributed by atoms with van der Waals surface area (Å²) >= 11 is 0. The molecule has 0 amide bonds. The molecule has 0 aromatic heterocycles. The van der Waals surface area contributed by atoms with Crippen molar-refractivity contribution in [2.45, 2.75) is 64.2 Å². The van der Waals surface area contributed by atoms with Crippen molar-refractivity contribution in [2.75, 3.05) is 13.1 Å². The van der Waals surface area contributed by atoms with E-state index in [-0.39, 0.29) is 24.0 Å². The van der Waals surface area contributed by atoms with E-state index in [1.807, 2.05) is 0 Å². The molecule has 0 aromatic carbocycles. The van der Waals surface area contributed by atoms with Crippen LogP contribution in [0.1, 0.15) is 64.2 Å². The Labute approximate surface area is 135 Å². The highest BCUT2D eigenvalue weighted by Crippen LogP contribution is 2.28. The molecule has 0 aliphatic heterocycles. The third-order valence-electron chi connectivity index (χ3n) is 4.56. The van der Waals surface area contributed by atoms with Crippen LogP contribution in [-0.4, -0.2) is 19.0 Å². The van der Waals surface area contributed by atoms with Gasteiger partial charge in [-0.05, 0) is 31.1 Å². The zero-order chi connectivity index (χ0) is 12.6. The van der Waals surface area contributed by atoms with Gasteiger partial charge < -0.3 is 11.1 Å². The molecule has 0 unspecified atom stereocenters. The van der Waals surface area contributed by atoms with Gasteiger partial charge in [0.1, 0.15) is 0 Å². The molecule has 0 heterocycles. The van der Waals surface area contributed by atoms with Crippen LogP contribution in [0.5, 0.6) is 0 Å². The molecular weight excluding hydrogens is 349 g/mol. The van der Waals surface area contributed by atoms with E-state index in [9.17, 15) is 0 Å².